The molecule has 1 fully saturated rings. The molecule has 128 valence electrons. The number of hydrogen-bond acceptors (Lipinski definition) is 4. The summed E-state index contributed by atoms with van der Waals surface area (Å²) in [6.07, 6.45) is 2.35. The minimum atomic E-state index is -3.60. The molecule has 1 aliphatic rings. The molecule has 0 radical (unpaired) electrons. The highest BCUT2D eigenvalue weighted by Gasteiger charge is 2.26. The van der Waals surface area contributed by atoms with Gasteiger partial charge < -0.3 is 10.1 Å². The van der Waals surface area contributed by atoms with Crippen LogP contribution in [-0.4, -0.2) is 50.7 Å². The van der Waals surface area contributed by atoms with E-state index in [1.54, 1.807) is 0 Å². The monoisotopic (exact) mass is 348 g/mol. The Kier molecular flexibility index (Phi) is 5.66. The molecule has 1 unspecified atom stereocenters. The van der Waals surface area contributed by atoms with Gasteiger partial charge in [-0.3, -0.25) is 4.79 Å². The average molecular weight is 348 g/mol. The zero-order valence-electron chi connectivity index (χ0n) is 12.6. The molecule has 1 aromatic rings. The quantitative estimate of drug-likeness (QED) is 0.842. The number of amides is 1. The number of carbonyl (C=O) groups is 1. The van der Waals surface area contributed by atoms with E-state index >= 15 is 0 Å². The Bertz CT molecular complexity index is 675. The van der Waals surface area contributed by atoms with Crippen LogP contribution in [0, 0.1) is 11.6 Å². The smallest absolute Gasteiger partial charge is 0.239 e. The van der Waals surface area contributed by atoms with E-state index in [1.165, 1.54) is 6.07 Å². The Hall–Kier alpha value is -1.58. The van der Waals surface area contributed by atoms with Gasteiger partial charge in [0.1, 0.15) is 0 Å². The summed E-state index contributed by atoms with van der Waals surface area (Å²) in [5.41, 5.74) is 0.0551. The predicted molar refractivity (Wildman–Crippen MR) is 80.4 cm³/mol. The molecule has 0 bridgehead atoms. The lowest BCUT2D eigenvalue weighted by atomic mass is 10.2. The van der Waals surface area contributed by atoms with Crippen molar-refractivity contribution in [3.8, 4) is 0 Å². The molecule has 0 aliphatic carbocycles. The third-order valence-electron chi connectivity index (χ3n) is 3.42. The van der Waals surface area contributed by atoms with E-state index in [-0.39, 0.29) is 18.3 Å². The van der Waals surface area contributed by atoms with Crippen molar-refractivity contribution in [2.24, 2.45) is 0 Å². The number of hydrogen-bond donors (Lipinski definition) is 1. The fraction of sp³-hybridized carbons (Fsp3) is 0.500. The fourth-order valence-corrected chi connectivity index (χ4v) is 3.06. The highest BCUT2D eigenvalue weighted by atomic mass is 32.2. The summed E-state index contributed by atoms with van der Waals surface area (Å²) in [6, 6.07) is 2.91. The van der Waals surface area contributed by atoms with Crippen LogP contribution in [0.25, 0.3) is 0 Å². The first-order valence-electron chi connectivity index (χ1n) is 7.07. The molecular formula is C14H18F2N2O4S. The number of nitrogens with zero attached hydrogens (tertiary/aromatic N) is 1. The van der Waals surface area contributed by atoms with E-state index in [9.17, 15) is 22.0 Å². The third-order valence-corrected chi connectivity index (χ3v) is 4.64. The molecule has 1 aromatic carbocycles. The van der Waals surface area contributed by atoms with Crippen molar-refractivity contribution in [3.05, 3.63) is 29.8 Å². The van der Waals surface area contributed by atoms with Crippen molar-refractivity contribution in [3.63, 3.8) is 0 Å². The summed E-state index contributed by atoms with van der Waals surface area (Å²) in [5.74, 6) is -2.76. The normalized spacial score (nSPS) is 18.3. The summed E-state index contributed by atoms with van der Waals surface area (Å²) >= 11 is 0. The van der Waals surface area contributed by atoms with Gasteiger partial charge in [-0.2, -0.15) is 4.31 Å². The van der Waals surface area contributed by atoms with E-state index in [0.29, 0.717) is 6.61 Å². The van der Waals surface area contributed by atoms with E-state index in [0.717, 1.165) is 35.5 Å². The van der Waals surface area contributed by atoms with Crippen LogP contribution in [0.2, 0.25) is 0 Å². The predicted octanol–water partition coefficient (Wildman–Crippen LogP) is 1.34. The van der Waals surface area contributed by atoms with Crippen molar-refractivity contribution >= 4 is 21.6 Å². The molecule has 1 amide bonds. The van der Waals surface area contributed by atoms with Crippen LogP contribution < -0.4 is 5.32 Å². The van der Waals surface area contributed by atoms with E-state index in [2.05, 4.69) is 5.32 Å². The number of nitrogens with one attached hydrogen (secondary N) is 1. The van der Waals surface area contributed by atoms with Gasteiger partial charge in [0.15, 0.2) is 11.6 Å². The maximum Gasteiger partial charge on any atom is 0.239 e. The van der Waals surface area contributed by atoms with Crippen molar-refractivity contribution < 1.29 is 26.7 Å². The summed E-state index contributed by atoms with van der Waals surface area (Å²) in [7, 11) is -3.60. The molecule has 23 heavy (non-hydrogen) atoms. The average Bonchev–Trinajstić information content (AvgIpc) is 2.94. The first kappa shape index (κ1) is 17.8. The van der Waals surface area contributed by atoms with Gasteiger partial charge in [0, 0.05) is 24.9 Å². The first-order chi connectivity index (χ1) is 10.8. The lowest BCUT2D eigenvalue weighted by molar-refractivity contribution is -0.116. The van der Waals surface area contributed by atoms with Crippen molar-refractivity contribution in [1.29, 1.82) is 0 Å². The Labute approximate surface area is 133 Å². The number of rotatable bonds is 6. The lowest BCUT2D eigenvalue weighted by Gasteiger charge is -2.22. The van der Waals surface area contributed by atoms with Crippen LogP contribution >= 0.6 is 0 Å². The Balaban J connectivity index is 2.00. The number of benzene rings is 1. The van der Waals surface area contributed by atoms with Gasteiger partial charge in [0.05, 0.1) is 18.9 Å². The van der Waals surface area contributed by atoms with Crippen LogP contribution in [-0.2, 0) is 19.6 Å². The van der Waals surface area contributed by atoms with Crippen LogP contribution in [0.4, 0.5) is 14.5 Å². The van der Waals surface area contributed by atoms with Crippen LogP contribution in [0.15, 0.2) is 18.2 Å². The number of halogens is 2. The van der Waals surface area contributed by atoms with Gasteiger partial charge in [0.2, 0.25) is 15.9 Å². The Morgan fingerprint density at radius 3 is 2.70 bits per heavy atom. The van der Waals surface area contributed by atoms with Crippen LogP contribution in [0.1, 0.15) is 12.8 Å². The van der Waals surface area contributed by atoms with Crippen molar-refractivity contribution in [1.82, 2.24) is 4.31 Å². The molecule has 1 saturated heterocycles. The number of sulfonamides is 1. The molecule has 1 N–H and O–H groups in total. The molecule has 0 saturated carbocycles. The first-order valence-corrected chi connectivity index (χ1v) is 8.92. The molecule has 9 heteroatoms. The Morgan fingerprint density at radius 2 is 2.13 bits per heavy atom. The zero-order valence-corrected chi connectivity index (χ0v) is 13.4. The number of anilines is 1. The van der Waals surface area contributed by atoms with Gasteiger partial charge in [0.25, 0.3) is 0 Å². The minimum Gasteiger partial charge on any atom is -0.377 e. The molecule has 1 heterocycles. The topological polar surface area (TPSA) is 75.7 Å². The number of ether oxygens (including phenoxy) is 1. The highest BCUT2D eigenvalue weighted by molar-refractivity contribution is 7.88. The molecule has 1 atom stereocenters. The maximum atomic E-state index is 13.1. The molecule has 1 aliphatic heterocycles. The molecule has 0 aromatic heterocycles. The van der Waals surface area contributed by atoms with Gasteiger partial charge in [-0.15, -0.1) is 0 Å². The number of carbonyl (C=O) groups excluding carboxylic acids is 1. The third kappa shape index (κ3) is 5.22. The van der Waals surface area contributed by atoms with Gasteiger partial charge >= 0.3 is 0 Å². The molecule has 6 nitrogen and oxygen atoms in total. The van der Waals surface area contributed by atoms with Crippen molar-refractivity contribution in [2.75, 3.05) is 31.3 Å². The summed E-state index contributed by atoms with van der Waals surface area (Å²) in [4.78, 5) is 12.0. The van der Waals surface area contributed by atoms with E-state index in [4.69, 9.17) is 4.74 Å². The van der Waals surface area contributed by atoms with E-state index < -0.39 is 34.1 Å². The molecular weight excluding hydrogens is 330 g/mol. The second-order valence-electron chi connectivity index (χ2n) is 5.37. The lowest BCUT2D eigenvalue weighted by Crippen LogP contribution is -2.41. The van der Waals surface area contributed by atoms with Crippen molar-refractivity contribution in [2.45, 2.75) is 18.9 Å². The van der Waals surface area contributed by atoms with Gasteiger partial charge in [-0.05, 0) is 25.0 Å². The van der Waals surface area contributed by atoms with Gasteiger partial charge in [-0.25, -0.2) is 17.2 Å². The zero-order chi connectivity index (χ0) is 17.0. The second kappa shape index (κ2) is 7.33. The highest BCUT2D eigenvalue weighted by Crippen LogP contribution is 2.16. The van der Waals surface area contributed by atoms with Crippen LogP contribution in [0.5, 0.6) is 0 Å². The molecule has 2 rings (SSSR count). The minimum absolute atomic E-state index is 0.0551. The summed E-state index contributed by atoms with van der Waals surface area (Å²) in [5, 5.41) is 2.34. The second-order valence-corrected chi connectivity index (χ2v) is 7.35. The largest absolute Gasteiger partial charge is 0.377 e. The van der Waals surface area contributed by atoms with Crippen LogP contribution in [0.3, 0.4) is 0 Å². The summed E-state index contributed by atoms with van der Waals surface area (Å²) < 4.78 is 55.9. The fourth-order valence-electron chi connectivity index (χ4n) is 2.27. The summed E-state index contributed by atoms with van der Waals surface area (Å²) in [6.45, 7) is 0.241. The van der Waals surface area contributed by atoms with Gasteiger partial charge in [-0.1, -0.05) is 0 Å². The maximum absolute atomic E-state index is 13.1. The molecule has 0 spiro atoms. The standard InChI is InChI=1S/C14H18F2N2O4S/c1-23(20,21)18(8-11-3-2-6-22-11)9-14(19)17-10-4-5-12(15)13(16)7-10/h4-5,7,11H,2-3,6,8-9H2,1H3,(H,17,19). The SMILES string of the molecule is CS(=O)(=O)N(CC(=O)Nc1ccc(F)c(F)c1)CC1CCCO1. The Morgan fingerprint density at radius 1 is 1.39 bits per heavy atom. The van der Waals surface area contributed by atoms with E-state index in [1.807, 2.05) is 0 Å².